The highest BCUT2D eigenvalue weighted by Crippen LogP contribution is 2.33. The summed E-state index contributed by atoms with van der Waals surface area (Å²) >= 11 is 0. The molecule has 0 saturated heterocycles. The third-order valence-corrected chi connectivity index (χ3v) is 5.28. The standard InChI is InChI=1S/C24H25FN2O7S/c1-17(28)27(22-5-4-12-26-24(22)34-20-8-6-19(25)7-9-20)16-18-15-21(31-2)10-11-23(18)32-13-14-33-35(3,29)30/h4-12,15H,13-14,16H2,1-3H3. The minimum atomic E-state index is -3.59. The molecule has 3 rings (SSSR count). The Morgan fingerprint density at radius 1 is 1.06 bits per heavy atom. The van der Waals surface area contributed by atoms with Crippen molar-refractivity contribution in [3.05, 3.63) is 72.2 Å². The zero-order valence-electron chi connectivity index (χ0n) is 19.4. The van der Waals surface area contributed by atoms with E-state index >= 15 is 0 Å². The molecule has 0 aliphatic heterocycles. The number of nitrogens with zero attached hydrogens (tertiary/aromatic N) is 2. The van der Waals surface area contributed by atoms with Gasteiger partial charge in [-0.05, 0) is 54.6 Å². The SMILES string of the molecule is COc1ccc(OCCOS(C)(=O)=O)c(CN(C(C)=O)c2cccnc2Oc2ccc(F)cc2)c1. The Hall–Kier alpha value is -3.70. The molecule has 0 N–H and O–H groups in total. The number of carbonyl (C=O) groups is 1. The van der Waals surface area contributed by atoms with Crippen molar-refractivity contribution in [3.63, 3.8) is 0 Å². The molecule has 186 valence electrons. The van der Waals surface area contributed by atoms with Crippen LogP contribution < -0.4 is 19.1 Å². The molecule has 1 heterocycles. The van der Waals surface area contributed by atoms with Crippen LogP contribution in [0.3, 0.4) is 0 Å². The van der Waals surface area contributed by atoms with Crippen molar-refractivity contribution in [2.75, 3.05) is 31.5 Å². The molecule has 0 saturated carbocycles. The first-order chi connectivity index (χ1) is 16.7. The predicted molar refractivity (Wildman–Crippen MR) is 127 cm³/mol. The maximum atomic E-state index is 13.3. The van der Waals surface area contributed by atoms with Gasteiger partial charge in [-0.1, -0.05) is 0 Å². The van der Waals surface area contributed by atoms with Gasteiger partial charge in [0.1, 0.15) is 42.0 Å². The van der Waals surface area contributed by atoms with Gasteiger partial charge in [-0.15, -0.1) is 0 Å². The molecule has 0 unspecified atom stereocenters. The van der Waals surface area contributed by atoms with Crippen LogP contribution in [0.1, 0.15) is 12.5 Å². The number of carbonyl (C=O) groups excluding carboxylic acids is 1. The number of benzene rings is 2. The number of ether oxygens (including phenoxy) is 3. The summed E-state index contributed by atoms with van der Waals surface area (Å²) in [6.07, 6.45) is 2.47. The third kappa shape index (κ3) is 7.66. The van der Waals surface area contributed by atoms with Gasteiger partial charge in [0.05, 0.1) is 19.9 Å². The van der Waals surface area contributed by atoms with Gasteiger partial charge in [-0.2, -0.15) is 8.42 Å². The number of halogens is 1. The molecule has 2 aromatic carbocycles. The second kappa shape index (κ2) is 11.6. The van der Waals surface area contributed by atoms with E-state index in [9.17, 15) is 17.6 Å². The Morgan fingerprint density at radius 2 is 1.77 bits per heavy atom. The summed E-state index contributed by atoms with van der Waals surface area (Å²) in [5.41, 5.74) is 0.981. The summed E-state index contributed by atoms with van der Waals surface area (Å²) in [6.45, 7) is 1.27. The number of aromatic nitrogens is 1. The number of methoxy groups -OCH3 is 1. The summed E-state index contributed by atoms with van der Waals surface area (Å²) < 4.78 is 57.2. The lowest BCUT2D eigenvalue weighted by atomic mass is 10.1. The monoisotopic (exact) mass is 504 g/mol. The Bertz CT molecular complexity index is 1270. The van der Waals surface area contributed by atoms with E-state index in [2.05, 4.69) is 4.98 Å². The van der Waals surface area contributed by atoms with E-state index in [1.165, 1.54) is 49.4 Å². The number of amides is 1. The zero-order valence-corrected chi connectivity index (χ0v) is 20.2. The van der Waals surface area contributed by atoms with Crippen molar-refractivity contribution in [1.82, 2.24) is 4.98 Å². The first kappa shape index (κ1) is 25.9. The molecule has 0 aliphatic carbocycles. The zero-order chi connectivity index (χ0) is 25.4. The number of anilines is 1. The van der Waals surface area contributed by atoms with Crippen molar-refractivity contribution in [3.8, 4) is 23.1 Å². The van der Waals surface area contributed by atoms with Crippen molar-refractivity contribution in [2.45, 2.75) is 13.5 Å². The van der Waals surface area contributed by atoms with E-state index in [-0.39, 0.29) is 31.5 Å². The van der Waals surface area contributed by atoms with Gasteiger partial charge in [-0.3, -0.25) is 8.98 Å². The lowest BCUT2D eigenvalue weighted by Crippen LogP contribution is -2.28. The first-order valence-electron chi connectivity index (χ1n) is 10.5. The predicted octanol–water partition coefficient (Wildman–Crippen LogP) is 3.93. The highest BCUT2D eigenvalue weighted by Gasteiger charge is 2.21. The highest BCUT2D eigenvalue weighted by molar-refractivity contribution is 7.85. The summed E-state index contributed by atoms with van der Waals surface area (Å²) in [5.74, 6) is 0.760. The second-order valence-electron chi connectivity index (χ2n) is 7.34. The van der Waals surface area contributed by atoms with Gasteiger partial charge in [0.2, 0.25) is 11.8 Å². The minimum absolute atomic E-state index is 0.0295. The fourth-order valence-electron chi connectivity index (χ4n) is 3.10. The molecule has 0 aliphatic rings. The fraction of sp³-hybridized carbons (Fsp3) is 0.250. The van der Waals surface area contributed by atoms with Gasteiger partial charge in [0, 0.05) is 18.7 Å². The van der Waals surface area contributed by atoms with Crippen LogP contribution in [0.4, 0.5) is 10.1 Å². The summed E-state index contributed by atoms with van der Waals surface area (Å²) in [5, 5.41) is 0. The maximum Gasteiger partial charge on any atom is 0.264 e. The van der Waals surface area contributed by atoms with Crippen molar-refractivity contribution in [1.29, 1.82) is 0 Å². The molecule has 35 heavy (non-hydrogen) atoms. The van der Waals surface area contributed by atoms with Crippen molar-refractivity contribution < 1.29 is 36.0 Å². The normalized spacial score (nSPS) is 11.1. The molecule has 0 spiro atoms. The molecule has 1 aromatic heterocycles. The van der Waals surface area contributed by atoms with Gasteiger partial charge in [-0.25, -0.2) is 9.37 Å². The molecule has 3 aromatic rings. The van der Waals surface area contributed by atoms with Crippen LogP contribution in [0.25, 0.3) is 0 Å². The molecule has 0 fully saturated rings. The van der Waals surface area contributed by atoms with Crippen LogP contribution >= 0.6 is 0 Å². The van der Waals surface area contributed by atoms with Gasteiger partial charge in [0.15, 0.2) is 0 Å². The molecule has 0 bridgehead atoms. The smallest absolute Gasteiger partial charge is 0.264 e. The average Bonchev–Trinajstić information content (AvgIpc) is 2.82. The summed E-state index contributed by atoms with van der Waals surface area (Å²) in [7, 11) is -2.08. The topological polar surface area (TPSA) is 104 Å². The Labute approximate surface area is 203 Å². The lowest BCUT2D eigenvalue weighted by molar-refractivity contribution is -0.116. The largest absolute Gasteiger partial charge is 0.497 e. The van der Waals surface area contributed by atoms with Crippen LogP contribution in [0, 0.1) is 5.82 Å². The highest BCUT2D eigenvalue weighted by atomic mass is 32.2. The van der Waals surface area contributed by atoms with Crippen molar-refractivity contribution >= 4 is 21.7 Å². The number of rotatable bonds is 11. The number of hydrogen-bond acceptors (Lipinski definition) is 8. The fourth-order valence-corrected chi connectivity index (χ4v) is 3.47. The van der Waals surface area contributed by atoms with Crippen LogP contribution in [0.5, 0.6) is 23.1 Å². The molecular weight excluding hydrogens is 479 g/mol. The number of hydrogen-bond donors (Lipinski definition) is 0. The van der Waals surface area contributed by atoms with Crippen molar-refractivity contribution in [2.24, 2.45) is 0 Å². The maximum absolute atomic E-state index is 13.3. The molecule has 0 atom stereocenters. The molecule has 0 radical (unpaired) electrons. The Balaban J connectivity index is 1.88. The molecular formula is C24H25FN2O7S. The number of pyridine rings is 1. The molecule has 11 heteroatoms. The van der Waals surface area contributed by atoms with Crippen LogP contribution in [-0.2, 0) is 25.6 Å². The van der Waals surface area contributed by atoms with E-state index < -0.39 is 15.9 Å². The van der Waals surface area contributed by atoms with Gasteiger partial charge < -0.3 is 19.1 Å². The average molecular weight is 505 g/mol. The van der Waals surface area contributed by atoms with E-state index in [0.717, 1.165) is 6.26 Å². The van der Waals surface area contributed by atoms with Crippen LogP contribution in [-0.4, -0.2) is 45.9 Å². The molecule has 1 amide bonds. The summed E-state index contributed by atoms with van der Waals surface area (Å²) in [4.78, 5) is 18.4. The van der Waals surface area contributed by atoms with Crippen LogP contribution in [0.15, 0.2) is 60.8 Å². The second-order valence-corrected chi connectivity index (χ2v) is 8.98. The van der Waals surface area contributed by atoms with Gasteiger partial charge in [0.25, 0.3) is 10.1 Å². The summed E-state index contributed by atoms with van der Waals surface area (Å²) in [6, 6.07) is 13.8. The lowest BCUT2D eigenvalue weighted by Gasteiger charge is -2.24. The first-order valence-corrected chi connectivity index (χ1v) is 12.3. The van der Waals surface area contributed by atoms with E-state index in [1.54, 1.807) is 30.3 Å². The Morgan fingerprint density at radius 3 is 2.43 bits per heavy atom. The van der Waals surface area contributed by atoms with E-state index in [1.807, 2.05) is 0 Å². The van der Waals surface area contributed by atoms with E-state index in [4.69, 9.17) is 18.4 Å². The molecule has 9 nitrogen and oxygen atoms in total. The van der Waals surface area contributed by atoms with Crippen LogP contribution in [0.2, 0.25) is 0 Å². The third-order valence-electron chi connectivity index (χ3n) is 4.68. The quantitative estimate of drug-likeness (QED) is 0.286. The Kier molecular flexibility index (Phi) is 8.61. The van der Waals surface area contributed by atoms with E-state index in [0.29, 0.717) is 28.5 Å². The van der Waals surface area contributed by atoms with Gasteiger partial charge >= 0.3 is 0 Å². The minimum Gasteiger partial charge on any atom is -0.497 e.